The highest BCUT2D eigenvalue weighted by molar-refractivity contribution is 7.07. The Labute approximate surface area is 95.9 Å². The molecule has 1 saturated carbocycles. The Morgan fingerprint density at radius 3 is 2.87 bits per heavy atom. The van der Waals surface area contributed by atoms with Gasteiger partial charge in [0, 0.05) is 12.1 Å². The number of nitrogens with two attached hydrogens (primary N) is 1. The molecule has 2 nitrogen and oxygen atoms in total. The lowest BCUT2D eigenvalue weighted by molar-refractivity contribution is 0.393. The summed E-state index contributed by atoms with van der Waals surface area (Å²) in [5.74, 6) is 0. The van der Waals surface area contributed by atoms with Crippen molar-refractivity contribution in [2.24, 2.45) is 5.73 Å². The lowest BCUT2D eigenvalue weighted by Crippen LogP contribution is -2.39. The third kappa shape index (κ3) is 3.30. The molecule has 1 heterocycles. The molecule has 0 atom stereocenters. The second-order valence-electron chi connectivity index (χ2n) is 4.63. The van der Waals surface area contributed by atoms with E-state index in [0.29, 0.717) is 0 Å². The van der Waals surface area contributed by atoms with Crippen molar-refractivity contribution >= 4 is 11.3 Å². The maximum Gasteiger partial charge on any atom is 0.0213 e. The molecule has 0 radical (unpaired) electrons. The normalized spacial score (nSPS) is 19.5. The fraction of sp³-hybridized carbons (Fsp3) is 0.667. The quantitative estimate of drug-likeness (QED) is 0.754. The first kappa shape index (κ1) is 11.1. The predicted octanol–water partition coefficient (Wildman–Crippen LogP) is 2.50. The van der Waals surface area contributed by atoms with Crippen molar-refractivity contribution in [3.05, 3.63) is 22.4 Å². The van der Waals surface area contributed by atoms with Gasteiger partial charge in [-0.15, -0.1) is 0 Å². The monoisotopic (exact) mass is 224 g/mol. The van der Waals surface area contributed by atoms with Gasteiger partial charge in [0.2, 0.25) is 0 Å². The highest BCUT2D eigenvalue weighted by atomic mass is 32.1. The van der Waals surface area contributed by atoms with Crippen molar-refractivity contribution in [1.82, 2.24) is 5.32 Å². The van der Waals surface area contributed by atoms with Crippen molar-refractivity contribution in [1.29, 1.82) is 0 Å². The van der Waals surface area contributed by atoms with Gasteiger partial charge in [0.15, 0.2) is 0 Å². The molecule has 0 saturated heterocycles. The van der Waals surface area contributed by atoms with E-state index in [2.05, 4.69) is 22.1 Å². The van der Waals surface area contributed by atoms with Crippen molar-refractivity contribution < 1.29 is 0 Å². The van der Waals surface area contributed by atoms with Crippen molar-refractivity contribution in [3.63, 3.8) is 0 Å². The molecule has 15 heavy (non-hydrogen) atoms. The molecule has 1 aliphatic carbocycles. The van der Waals surface area contributed by atoms with Gasteiger partial charge in [-0.3, -0.25) is 0 Å². The van der Waals surface area contributed by atoms with E-state index in [9.17, 15) is 0 Å². The minimum absolute atomic E-state index is 0.141. The van der Waals surface area contributed by atoms with Crippen LogP contribution in [0.2, 0.25) is 0 Å². The molecule has 1 aromatic rings. The first-order valence-electron chi connectivity index (χ1n) is 5.79. The molecular weight excluding hydrogens is 204 g/mol. The average molecular weight is 224 g/mol. The zero-order valence-corrected chi connectivity index (χ0v) is 9.98. The lowest BCUT2D eigenvalue weighted by Gasteiger charge is -2.23. The van der Waals surface area contributed by atoms with Gasteiger partial charge in [-0.2, -0.15) is 11.3 Å². The van der Waals surface area contributed by atoms with Crippen molar-refractivity contribution in [2.45, 2.75) is 44.2 Å². The van der Waals surface area contributed by atoms with E-state index in [0.717, 1.165) is 19.5 Å². The summed E-state index contributed by atoms with van der Waals surface area (Å²) >= 11 is 1.76. The highest BCUT2D eigenvalue weighted by Gasteiger charge is 2.28. The molecule has 0 aromatic carbocycles. The van der Waals surface area contributed by atoms with Crippen LogP contribution in [0, 0.1) is 0 Å². The summed E-state index contributed by atoms with van der Waals surface area (Å²) in [6, 6.07) is 2.17. The van der Waals surface area contributed by atoms with Crippen molar-refractivity contribution in [2.75, 3.05) is 6.54 Å². The van der Waals surface area contributed by atoms with E-state index in [1.807, 2.05) is 0 Å². The van der Waals surface area contributed by atoms with Crippen LogP contribution in [0.5, 0.6) is 0 Å². The summed E-state index contributed by atoms with van der Waals surface area (Å²) in [6.07, 6.45) is 6.19. The molecule has 0 unspecified atom stereocenters. The standard InChI is InChI=1S/C12H20N2S/c13-12(4-1-2-5-12)6-7-14-9-11-3-8-15-10-11/h3,8,10,14H,1-2,4-7,9,13H2. The van der Waals surface area contributed by atoms with Gasteiger partial charge in [0.1, 0.15) is 0 Å². The smallest absolute Gasteiger partial charge is 0.0213 e. The fourth-order valence-electron chi connectivity index (χ4n) is 2.29. The summed E-state index contributed by atoms with van der Waals surface area (Å²) < 4.78 is 0. The second kappa shape index (κ2) is 5.10. The maximum absolute atomic E-state index is 6.28. The van der Waals surface area contributed by atoms with Gasteiger partial charge in [0.05, 0.1) is 0 Å². The SMILES string of the molecule is NC1(CCNCc2ccsc2)CCCC1. The van der Waals surface area contributed by atoms with Gasteiger partial charge in [-0.05, 0) is 48.2 Å². The summed E-state index contributed by atoms with van der Waals surface area (Å²) in [7, 11) is 0. The molecule has 84 valence electrons. The summed E-state index contributed by atoms with van der Waals surface area (Å²) in [4.78, 5) is 0. The van der Waals surface area contributed by atoms with Crippen LogP contribution in [0.15, 0.2) is 16.8 Å². The molecule has 1 aliphatic rings. The first-order chi connectivity index (χ1) is 7.29. The zero-order valence-electron chi connectivity index (χ0n) is 9.17. The zero-order chi connectivity index (χ0) is 10.6. The van der Waals surface area contributed by atoms with Gasteiger partial charge in [0.25, 0.3) is 0 Å². The Kier molecular flexibility index (Phi) is 3.78. The number of nitrogens with one attached hydrogen (secondary N) is 1. The topological polar surface area (TPSA) is 38.0 Å². The predicted molar refractivity (Wildman–Crippen MR) is 66.0 cm³/mol. The van der Waals surface area contributed by atoms with E-state index in [4.69, 9.17) is 5.73 Å². The molecule has 1 fully saturated rings. The molecule has 3 heteroatoms. The van der Waals surface area contributed by atoms with Crippen LogP contribution in [-0.2, 0) is 6.54 Å². The van der Waals surface area contributed by atoms with E-state index in [1.54, 1.807) is 11.3 Å². The van der Waals surface area contributed by atoms with Crippen LogP contribution < -0.4 is 11.1 Å². The third-order valence-electron chi connectivity index (χ3n) is 3.31. The van der Waals surface area contributed by atoms with Gasteiger partial charge in [-0.1, -0.05) is 12.8 Å². The Bertz CT molecular complexity index is 276. The van der Waals surface area contributed by atoms with E-state index in [-0.39, 0.29) is 5.54 Å². The Hall–Kier alpha value is -0.380. The van der Waals surface area contributed by atoms with E-state index >= 15 is 0 Å². The maximum atomic E-state index is 6.28. The third-order valence-corrected chi connectivity index (χ3v) is 4.04. The minimum Gasteiger partial charge on any atom is -0.325 e. The van der Waals surface area contributed by atoms with Crippen LogP contribution in [-0.4, -0.2) is 12.1 Å². The Morgan fingerprint density at radius 2 is 2.20 bits per heavy atom. The molecule has 0 bridgehead atoms. The Morgan fingerprint density at radius 1 is 1.40 bits per heavy atom. The molecule has 3 N–H and O–H groups in total. The number of rotatable bonds is 5. The van der Waals surface area contributed by atoms with Crippen LogP contribution in [0.1, 0.15) is 37.7 Å². The molecule has 0 amide bonds. The molecular formula is C12H20N2S. The minimum atomic E-state index is 0.141. The first-order valence-corrected chi connectivity index (χ1v) is 6.73. The highest BCUT2D eigenvalue weighted by Crippen LogP contribution is 2.29. The molecule has 0 aliphatic heterocycles. The van der Waals surface area contributed by atoms with Gasteiger partial charge >= 0.3 is 0 Å². The van der Waals surface area contributed by atoms with Gasteiger partial charge in [-0.25, -0.2) is 0 Å². The molecule has 0 spiro atoms. The van der Waals surface area contributed by atoms with Crippen LogP contribution in [0.25, 0.3) is 0 Å². The molecule has 1 aromatic heterocycles. The van der Waals surface area contributed by atoms with Crippen LogP contribution >= 0.6 is 11.3 Å². The number of hydrogen-bond acceptors (Lipinski definition) is 3. The Balaban J connectivity index is 1.62. The lowest BCUT2D eigenvalue weighted by atomic mass is 9.95. The number of thiophene rings is 1. The average Bonchev–Trinajstić information content (AvgIpc) is 2.84. The van der Waals surface area contributed by atoms with E-state index < -0.39 is 0 Å². The van der Waals surface area contributed by atoms with Crippen LogP contribution in [0.3, 0.4) is 0 Å². The van der Waals surface area contributed by atoms with E-state index in [1.165, 1.54) is 31.2 Å². The van der Waals surface area contributed by atoms with Gasteiger partial charge < -0.3 is 11.1 Å². The summed E-state index contributed by atoms with van der Waals surface area (Å²) in [6.45, 7) is 2.03. The molecule has 2 rings (SSSR count). The summed E-state index contributed by atoms with van der Waals surface area (Å²) in [5, 5.41) is 7.79. The second-order valence-corrected chi connectivity index (χ2v) is 5.41. The summed E-state index contributed by atoms with van der Waals surface area (Å²) in [5.41, 5.74) is 7.81. The van der Waals surface area contributed by atoms with Crippen molar-refractivity contribution in [3.8, 4) is 0 Å². The number of hydrogen-bond donors (Lipinski definition) is 2. The van der Waals surface area contributed by atoms with Crippen LogP contribution in [0.4, 0.5) is 0 Å². The fourth-order valence-corrected chi connectivity index (χ4v) is 2.96. The largest absolute Gasteiger partial charge is 0.325 e.